The smallest absolute Gasteiger partial charge is 0.128 e. The fourth-order valence-corrected chi connectivity index (χ4v) is 1.95. The molecule has 0 radical (unpaired) electrons. The van der Waals surface area contributed by atoms with Gasteiger partial charge in [-0.1, -0.05) is 12.1 Å². The molecule has 4 nitrogen and oxygen atoms in total. The molecule has 2 heterocycles. The molecule has 0 bridgehead atoms. The van der Waals surface area contributed by atoms with Crippen molar-refractivity contribution in [1.82, 2.24) is 15.3 Å². The van der Waals surface area contributed by atoms with E-state index in [2.05, 4.69) is 48.1 Å². The summed E-state index contributed by atoms with van der Waals surface area (Å²) in [6.45, 7) is 8.00. The van der Waals surface area contributed by atoms with Gasteiger partial charge in [0, 0.05) is 25.3 Å². The van der Waals surface area contributed by atoms with Crippen LogP contribution in [0.4, 0.5) is 5.82 Å². The monoisotopic (exact) mass is 284 g/mol. The Balaban J connectivity index is 2.03. The van der Waals surface area contributed by atoms with Crippen LogP contribution in [0.3, 0.4) is 0 Å². The van der Waals surface area contributed by atoms with E-state index in [1.165, 1.54) is 0 Å². The van der Waals surface area contributed by atoms with Crippen LogP contribution < -0.4 is 10.2 Å². The Morgan fingerprint density at radius 3 is 2.48 bits per heavy atom. The highest BCUT2D eigenvalue weighted by Crippen LogP contribution is 2.13. The lowest BCUT2D eigenvalue weighted by Gasteiger charge is -2.21. The van der Waals surface area contributed by atoms with Crippen molar-refractivity contribution in [2.24, 2.45) is 0 Å². The molecule has 0 aliphatic heterocycles. The minimum absolute atomic E-state index is 0.0948. The minimum atomic E-state index is 0.0948. The summed E-state index contributed by atoms with van der Waals surface area (Å²) in [7, 11) is 2.04. The van der Waals surface area contributed by atoms with Crippen LogP contribution in [0, 0.1) is 0 Å². The van der Waals surface area contributed by atoms with Crippen molar-refractivity contribution in [2.75, 3.05) is 11.9 Å². The quantitative estimate of drug-likeness (QED) is 0.916. The van der Waals surface area contributed by atoms with Crippen molar-refractivity contribution in [1.29, 1.82) is 0 Å². The summed E-state index contributed by atoms with van der Waals surface area (Å²) in [5, 5.41) is 3.46. The lowest BCUT2D eigenvalue weighted by molar-refractivity contribution is 0.421. The van der Waals surface area contributed by atoms with Crippen LogP contribution in [0.2, 0.25) is 0 Å². The second-order valence-corrected chi connectivity index (χ2v) is 6.27. The third-order valence-corrected chi connectivity index (χ3v) is 3.11. The van der Waals surface area contributed by atoms with Crippen LogP contribution in [0.1, 0.15) is 32.2 Å². The molecule has 0 atom stereocenters. The number of nitrogens with one attached hydrogen (secondary N) is 1. The molecule has 0 fully saturated rings. The Kier molecular flexibility index (Phi) is 4.91. The zero-order chi connectivity index (χ0) is 15.3. The van der Waals surface area contributed by atoms with Crippen molar-refractivity contribution in [3.8, 4) is 0 Å². The van der Waals surface area contributed by atoms with Crippen LogP contribution >= 0.6 is 0 Å². The summed E-state index contributed by atoms with van der Waals surface area (Å²) in [4.78, 5) is 11.2. The van der Waals surface area contributed by atoms with Gasteiger partial charge in [-0.05, 0) is 45.0 Å². The Morgan fingerprint density at radius 2 is 1.81 bits per heavy atom. The normalized spacial score (nSPS) is 11.4. The van der Waals surface area contributed by atoms with Gasteiger partial charge in [-0.3, -0.25) is 4.98 Å². The predicted octanol–water partition coefficient (Wildman–Crippen LogP) is 3.00. The zero-order valence-electron chi connectivity index (χ0n) is 13.3. The first-order valence-corrected chi connectivity index (χ1v) is 7.26. The number of aromatic nitrogens is 2. The third kappa shape index (κ3) is 5.16. The first-order valence-electron chi connectivity index (χ1n) is 7.26. The number of rotatable bonds is 5. The van der Waals surface area contributed by atoms with Crippen LogP contribution in [0.5, 0.6) is 0 Å². The number of hydrogen-bond acceptors (Lipinski definition) is 4. The van der Waals surface area contributed by atoms with Crippen molar-refractivity contribution in [3.63, 3.8) is 0 Å². The Morgan fingerprint density at radius 1 is 1.05 bits per heavy atom. The average molecular weight is 284 g/mol. The first kappa shape index (κ1) is 15.4. The van der Waals surface area contributed by atoms with E-state index >= 15 is 0 Å². The molecule has 2 aromatic rings. The molecule has 0 amide bonds. The molecule has 0 aromatic carbocycles. The molecule has 2 rings (SSSR count). The standard InChI is InChI=1S/C17H24N4/c1-17(2,3)19-12-14-9-7-10-16(20-14)21(4)13-15-8-5-6-11-18-15/h5-11,19H,12-13H2,1-4H3. The highest BCUT2D eigenvalue weighted by Gasteiger charge is 2.10. The fourth-order valence-electron chi connectivity index (χ4n) is 1.95. The van der Waals surface area contributed by atoms with Gasteiger partial charge in [0.1, 0.15) is 5.82 Å². The Bertz CT molecular complexity index is 561. The molecular formula is C17H24N4. The number of hydrogen-bond donors (Lipinski definition) is 1. The second-order valence-electron chi connectivity index (χ2n) is 6.27. The predicted molar refractivity (Wildman–Crippen MR) is 87.2 cm³/mol. The maximum Gasteiger partial charge on any atom is 0.128 e. The highest BCUT2D eigenvalue weighted by atomic mass is 15.2. The zero-order valence-corrected chi connectivity index (χ0v) is 13.3. The Labute approximate surface area is 127 Å². The maximum absolute atomic E-state index is 4.71. The van der Waals surface area contributed by atoms with Gasteiger partial charge in [0.2, 0.25) is 0 Å². The van der Waals surface area contributed by atoms with Crippen molar-refractivity contribution in [3.05, 3.63) is 54.0 Å². The molecule has 112 valence electrons. The molecule has 0 aliphatic rings. The SMILES string of the molecule is CN(Cc1ccccn1)c1cccc(CNC(C)(C)C)n1. The summed E-state index contributed by atoms with van der Waals surface area (Å²) >= 11 is 0. The number of pyridine rings is 2. The molecule has 1 N–H and O–H groups in total. The minimum Gasteiger partial charge on any atom is -0.354 e. The van der Waals surface area contributed by atoms with Gasteiger partial charge in [-0.25, -0.2) is 4.98 Å². The number of nitrogens with zero attached hydrogens (tertiary/aromatic N) is 3. The number of anilines is 1. The van der Waals surface area contributed by atoms with Crippen molar-refractivity contribution in [2.45, 2.75) is 39.4 Å². The summed E-state index contributed by atoms with van der Waals surface area (Å²) in [6, 6.07) is 12.1. The van der Waals surface area contributed by atoms with Gasteiger partial charge in [0.05, 0.1) is 17.9 Å². The molecule has 21 heavy (non-hydrogen) atoms. The molecule has 0 saturated heterocycles. The molecule has 2 aromatic heterocycles. The molecule has 0 aliphatic carbocycles. The molecule has 0 saturated carbocycles. The second kappa shape index (κ2) is 6.68. The van der Waals surface area contributed by atoms with Crippen LogP contribution in [-0.2, 0) is 13.1 Å². The van der Waals surface area contributed by atoms with E-state index in [1.54, 1.807) is 0 Å². The lowest BCUT2D eigenvalue weighted by atomic mass is 10.1. The van der Waals surface area contributed by atoms with E-state index in [4.69, 9.17) is 4.98 Å². The van der Waals surface area contributed by atoms with Gasteiger partial charge < -0.3 is 10.2 Å². The van der Waals surface area contributed by atoms with Gasteiger partial charge in [-0.2, -0.15) is 0 Å². The highest BCUT2D eigenvalue weighted by molar-refractivity contribution is 5.38. The molecule has 4 heteroatoms. The lowest BCUT2D eigenvalue weighted by Crippen LogP contribution is -2.35. The Hall–Kier alpha value is -1.94. The van der Waals surface area contributed by atoms with E-state index in [0.717, 1.165) is 30.3 Å². The molecular weight excluding hydrogens is 260 g/mol. The van der Waals surface area contributed by atoms with Crippen LogP contribution in [0.15, 0.2) is 42.6 Å². The summed E-state index contributed by atoms with van der Waals surface area (Å²) in [6.07, 6.45) is 1.82. The van der Waals surface area contributed by atoms with Crippen molar-refractivity contribution >= 4 is 5.82 Å². The fraction of sp³-hybridized carbons (Fsp3) is 0.412. The van der Waals surface area contributed by atoms with Gasteiger partial charge >= 0.3 is 0 Å². The van der Waals surface area contributed by atoms with Crippen molar-refractivity contribution < 1.29 is 0 Å². The van der Waals surface area contributed by atoms with E-state index in [-0.39, 0.29) is 5.54 Å². The summed E-state index contributed by atoms with van der Waals surface area (Å²) < 4.78 is 0. The third-order valence-electron chi connectivity index (χ3n) is 3.11. The van der Waals surface area contributed by atoms with Gasteiger partial charge in [-0.15, -0.1) is 0 Å². The largest absolute Gasteiger partial charge is 0.354 e. The average Bonchev–Trinajstić information content (AvgIpc) is 2.46. The summed E-state index contributed by atoms with van der Waals surface area (Å²) in [5.74, 6) is 0.967. The maximum atomic E-state index is 4.71. The van der Waals surface area contributed by atoms with E-state index in [0.29, 0.717) is 0 Å². The van der Waals surface area contributed by atoms with E-state index < -0.39 is 0 Å². The van der Waals surface area contributed by atoms with E-state index in [9.17, 15) is 0 Å². The first-order chi connectivity index (χ1) is 9.94. The molecule has 0 unspecified atom stereocenters. The topological polar surface area (TPSA) is 41.1 Å². The van der Waals surface area contributed by atoms with Crippen LogP contribution in [0.25, 0.3) is 0 Å². The van der Waals surface area contributed by atoms with Crippen LogP contribution in [-0.4, -0.2) is 22.6 Å². The summed E-state index contributed by atoms with van der Waals surface area (Å²) in [5.41, 5.74) is 2.19. The van der Waals surface area contributed by atoms with Gasteiger partial charge in [0.25, 0.3) is 0 Å². The van der Waals surface area contributed by atoms with Gasteiger partial charge in [0.15, 0.2) is 0 Å². The molecule has 0 spiro atoms. The van der Waals surface area contributed by atoms with E-state index in [1.807, 2.05) is 37.5 Å².